The third-order valence-electron chi connectivity index (χ3n) is 2.25. The summed E-state index contributed by atoms with van der Waals surface area (Å²) in [5, 5.41) is 0. The van der Waals surface area contributed by atoms with Crippen LogP contribution in [0.15, 0.2) is 24.3 Å². The van der Waals surface area contributed by atoms with E-state index in [-0.39, 0.29) is 6.10 Å². The first kappa shape index (κ1) is 11.1. The lowest BCUT2D eigenvalue weighted by atomic mass is 9.99. The molecule has 2 nitrogen and oxygen atoms in total. The number of rotatable bonds is 4. The second kappa shape index (κ2) is 5.01. The van der Waals surface area contributed by atoms with Crippen LogP contribution < -0.4 is 5.73 Å². The van der Waals surface area contributed by atoms with Crippen molar-refractivity contribution in [3.8, 4) is 0 Å². The van der Waals surface area contributed by atoms with Gasteiger partial charge < -0.3 is 10.5 Å². The highest BCUT2D eigenvalue weighted by Gasteiger charge is 2.12. The second-order valence-electron chi connectivity index (χ2n) is 4.02. The number of hydrogen-bond acceptors (Lipinski definition) is 2. The van der Waals surface area contributed by atoms with E-state index in [1.807, 2.05) is 18.2 Å². The molecule has 14 heavy (non-hydrogen) atoms. The summed E-state index contributed by atoms with van der Waals surface area (Å²) in [7, 11) is 1.75. The smallest absolute Gasteiger partial charge is 0.0824 e. The summed E-state index contributed by atoms with van der Waals surface area (Å²) < 4.78 is 5.45. The first-order valence-electron chi connectivity index (χ1n) is 5.01. The summed E-state index contributed by atoms with van der Waals surface area (Å²) in [5.41, 5.74) is 7.69. The van der Waals surface area contributed by atoms with Crippen molar-refractivity contribution in [1.82, 2.24) is 0 Å². The van der Waals surface area contributed by atoms with Crippen molar-refractivity contribution >= 4 is 5.69 Å². The van der Waals surface area contributed by atoms with E-state index in [4.69, 9.17) is 10.5 Å². The number of benzene rings is 1. The molecular formula is C12H19NO. The summed E-state index contributed by atoms with van der Waals surface area (Å²) in [4.78, 5) is 0. The first-order valence-corrected chi connectivity index (χ1v) is 5.01. The van der Waals surface area contributed by atoms with Gasteiger partial charge in [0.05, 0.1) is 6.10 Å². The van der Waals surface area contributed by atoms with Gasteiger partial charge in [0, 0.05) is 12.8 Å². The van der Waals surface area contributed by atoms with Crippen LogP contribution in [-0.4, -0.2) is 7.11 Å². The normalized spacial score (nSPS) is 13.1. The Labute approximate surface area is 86.1 Å². The van der Waals surface area contributed by atoms with Crippen molar-refractivity contribution in [3.05, 3.63) is 29.8 Å². The highest BCUT2D eigenvalue weighted by molar-refractivity contribution is 5.41. The Kier molecular flexibility index (Phi) is 3.96. The minimum atomic E-state index is 0.165. The Bertz CT molecular complexity index is 283. The van der Waals surface area contributed by atoms with E-state index in [9.17, 15) is 0 Å². The largest absolute Gasteiger partial charge is 0.399 e. The number of hydrogen-bond donors (Lipinski definition) is 1. The van der Waals surface area contributed by atoms with Crippen molar-refractivity contribution in [2.45, 2.75) is 26.4 Å². The molecule has 0 saturated carbocycles. The summed E-state index contributed by atoms with van der Waals surface area (Å²) in [5.74, 6) is 0.626. The SMILES string of the molecule is COC(CC(C)C)c1cccc(N)c1. The quantitative estimate of drug-likeness (QED) is 0.746. The van der Waals surface area contributed by atoms with Gasteiger partial charge in [-0.05, 0) is 30.0 Å². The molecule has 0 heterocycles. The second-order valence-corrected chi connectivity index (χ2v) is 4.02. The third-order valence-corrected chi connectivity index (χ3v) is 2.25. The average molecular weight is 193 g/mol. The fourth-order valence-corrected chi connectivity index (χ4v) is 1.56. The molecule has 0 aliphatic carbocycles. The standard InChI is InChI=1S/C12H19NO/c1-9(2)7-12(14-3)10-5-4-6-11(13)8-10/h4-6,8-9,12H,7,13H2,1-3H3. The Morgan fingerprint density at radius 2 is 2.07 bits per heavy atom. The van der Waals surface area contributed by atoms with E-state index in [0.29, 0.717) is 5.92 Å². The van der Waals surface area contributed by atoms with Gasteiger partial charge in [0.2, 0.25) is 0 Å². The lowest BCUT2D eigenvalue weighted by Crippen LogP contribution is -2.05. The highest BCUT2D eigenvalue weighted by Crippen LogP contribution is 2.25. The molecule has 0 saturated heterocycles. The van der Waals surface area contributed by atoms with Crippen molar-refractivity contribution < 1.29 is 4.74 Å². The minimum absolute atomic E-state index is 0.165. The van der Waals surface area contributed by atoms with E-state index in [0.717, 1.165) is 12.1 Å². The molecule has 0 fully saturated rings. The third kappa shape index (κ3) is 3.04. The zero-order valence-electron chi connectivity index (χ0n) is 9.16. The number of nitrogen functional groups attached to an aromatic ring is 1. The van der Waals surface area contributed by atoms with Crippen LogP contribution in [0.2, 0.25) is 0 Å². The van der Waals surface area contributed by atoms with E-state index in [2.05, 4.69) is 19.9 Å². The maximum Gasteiger partial charge on any atom is 0.0824 e. The van der Waals surface area contributed by atoms with Gasteiger partial charge in [-0.2, -0.15) is 0 Å². The number of ether oxygens (including phenoxy) is 1. The van der Waals surface area contributed by atoms with Crippen LogP contribution in [0.25, 0.3) is 0 Å². The molecule has 1 rings (SSSR count). The number of anilines is 1. The summed E-state index contributed by atoms with van der Waals surface area (Å²) in [6, 6.07) is 7.91. The molecule has 0 radical (unpaired) electrons. The topological polar surface area (TPSA) is 35.2 Å². The Hall–Kier alpha value is -1.02. The van der Waals surface area contributed by atoms with Crippen molar-refractivity contribution in [2.75, 3.05) is 12.8 Å². The summed E-state index contributed by atoms with van der Waals surface area (Å²) in [6.07, 6.45) is 1.19. The molecule has 0 bridgehead atoms. The summed E-state index contributed by atoms with van der Waals surface area (Å²) in [6.45, 7) is 4.39. The Morgan fingerprint density at radius 1 is 1.36 bits per heavy atom. The van der Waals surface area contributed by atoms with Crippen LogP contribution in [0, 0.1) is 5.92 Å². The Morgan fingerprint density at radius 3 is 2.57 bits per heavy atom. The molecule has 1 unspecified atom stereocenters. The average Bonchev–Trinajstić information content (AvgIpc) is 2.14. The molecule has 1 aromatic carbocycles. The van der Waals surface area contributed by atoms with Crippen molar-refractivity contribution in [1.29, 1.82) is 0 Å². The molecule has 78 valence electrons. The van der Waals surface area contributed by atoms with Crippen LogP contribution in [0.1, 0.15) is 31.9 Å². The monoisotopic (exact) mass is 193 g/mol. The van der Waals surface area contributed by atoms with Gasteiger partial charge in [-0.25, -0.2) is 0 Å². The van der Waals surface area contributed by atoms with Gasteiger partial charge in [0.15, 0.2) is 0 Å². The van der Waals surface area contributed by atoms with E-state index < -0.39 is 0 Å². The van der Waals surface area contributed by atoms with Gasteiger partial charge in [-0.15, -0.1) is 0 Å². The molecule has 0 spiro atoms. The van der Waals surface area contributed by atoms with Gasteiger partial charge in [0.1, 0.15) is 0 Å². The molecule has 0 aliphatic rings. The maximum atomic E-state index is 5.73. The fourth-order valence-electron chi connectivity index (χ4n) is 1.56. The molecule has 0 aromatic heterocycles. The van der Waals surface area contributed by atoms with Gasteiger partial charge >= 0.3 is 0 Å². The molecule has 2 heteroatoms. The van der Waals surface area contributed by atoms with Crippen LogP contribution in [0.3, 0.4) is 0 Å². The van der Waals surface area contributed by atoms with Crippen LogP contribution in [0.5, 0.6) is 0 Å². The van der Waals surface area contributed by atoms with E-state index >= 15 is 0 Å². The minimum Gasteiger partial charge on any atom is -0.399 e. The predicted molar refractivity (Wildman–Crippen MR) is 60.1 cm³/mol. The van der Waals surface area contributed by atoms with E-state index in [1.54, 1.807) is 7.11 Å². The zero-order valence-corrected chi connectivity index (χ0v) is 9.16. The van der Waals surface area contributed by atoms with Gasteiger partial charge in [-0.1, -0.05) is 26.0 Å². The fraction of sp³-hybridized carbons (Fsp3) is 0.500. The molecule has 0 aliphatic heterocycles. The van der Waals surface area contributed by atoms with Crippen LogP contribution in [-0.2, 0) is 4.74 Å². The van der Waals surface area contributed by atoms with Crippen LogP contribution in [0.4, 0.5) is 5.69 Å². The predicted octanol–water partition coefficient (Wildman–Crippen LogP) is 3.00. The van der Waals surface area contributed by atoms with E-state index in [1.165, 1.54) is 5.56 Å². The lowest BCUT2D eigenvalue weighted by Gasteiger charge is -2.18. The molecular weight excluding hydrogens is 174 g/mol. The van der Waals surface area contributed by atoms with Crippen molar-refractivity contribution in [2.24, 2.45) is 5.92 Å². The van der Waals surface area contributed by atoms with Gasteiger partial charge in [0.25, 0.3) is 0 Å². The Balaban J connectivity index is 2.78. The van der Waals surface area contributed by atoms with Crippen LogP contribution >= 0.6 is 0 Å². The summed E-state index contributed by atoms with van der Waals surface area (Å²) >= 11 is 0. The molecule has 1 atom stereocenters. The number of methoxy groups -OCH3 is 1. The van der Waals surface area contributed by atoms with Gasteiger partial charge in [-0.3, -0.25) is 0 Å². The number of nitrogens with two attached hydrogens (primary N) is 1. The molecule has 1 aromatic rings. The lowest BCUT2D eigenvalue weighted by molar-refractivity contribution is 0.0846. The highest BCUT2D eigenvalue weighted by atomic mass is 16.5. The van der Waals surface area contributed by atoms with Crippen molar-refractivity contribution in [3.63, 3.8) is 0 Å². The molecule has 2 N–H and O–H groups in total. The zero-order chi connectivity index (χ0) is 10.6. The first-order chi connectivity index (χ1) is 6.63. The molecule has 0 amide bonds. The maximum absolute atomic E-state index is 5.73.